The van der Waals surface area contributed by atoms with E-state index in [9.17, 15) is 4.79 Å². The molecule has 88 valence electrons. The SMILES string of the molecule is CCOC[C@H]1CCCCN1C(=O)[C@@H](C)N. The second kappa shape index (κ2) is 6.08. The maximum atomic E-state index is 11.8. The van der Waals surface area contributed by atoms with Gasteiger partial charge in [-0.2, -0.15) is 0 Å². The highest BCUT2D eigenvalue weighted by molar-refractivity contribution is 5.81. The normalized spacial score (nSPS) is 23.9. The van der Waals surface area contributed by atoms with Gasteiger partial charge in [-0.15, -0.1) is 0 Å². The Morgan fingerprint density at radius 2 is 2.33 bits per heavy atom. The van der Waals surface area contributed by atoms with E-state index in [2.05, 4.69) is 0 Å². The van der Waals surface area contributed by atoms with Gasteiger partial charge in [-0.05, 0) is 33.1 Å². The third-order valence-corrected chi connectivity index (χ3v) is 2.81. The molecular weight excluding hydrogens is 192 g/mol. The number of hydrogen-bond donors (Lipinski definition) is 1. The van der Waals surface area contributed by atoms with Crippen LogP contribution in [-0.2, 0) is 9.53 Å². The topological polar surface area (TPSA) is 55.6 Å². The van der Waals surface area contributed by atoms with Crippen LogP contribution in [0.4, 0.5) is 0 Å². The van der Waals surface area contributed by atoms with Crippen molar-refractivity contribution in [2.75, 3.05) is 19.8 Å². The zero-order valence-electron chi connectivity index (χ0n) is 9.74. The molecule has 1 aliphatic rings. The minimum atomic E-state index is -0.396. The van der Waals surface area contributed by atoms with Crippen LogP contribution in [0.1, 0.15) is 33.1 Å². The molecule has 0 aromatic rings. The van der Waals surface area contributed by atoms with Crippen molar-refractivity contribution >= 4 is 5.91 Å². The fraction of sp³-hybridized carbons (Fsp3) is 0.909. The quantitative estimate of drug-likeness (QED) is 0.751. The number of hydrogen-bond acceptors (Lipinski definition) is 3. The van der Waals surface area contributed by atoms with E-state index in [1.165, 1.54) is 6.42 Å². The lowest BCUT2D eigenvalue weighted by Gasteiger charge is -2.36. The molecule has 15 heavy (non-hydrogen) atoms. The average Bonchev–Trinajstić information content (AvgIpc) is 2.25. The molecule has 0 radical (unpaired) electrons. The second-order valence-corrected chi connectivity index (χ2v) is 4.13. The largest absolute Gasteiger partial charge is 0.380 e. The van der Waals surface area contributed by atoms with Crippen LogP contribution in [0.2, 0.25) is 0 Å². The van der Waals surface area contributed by atoms with Gasteiger partial charge in [0.25, 0.3) is 0 Å². The molecule has 2 atom stereocenters. The van der Waals surface area contributed by atoms with Crippen molar-refractivity contribution in [2.45, 2.75) is 45.2 Å². The molecule has 0 saturated carbocycles. The van der Waals surface area contributed by atoms with E-state index >= 15 is 0 Å². The third kappa shape index (κ3) is 3.47. The molecule has 0 unspecified atom stereocenters. The third-order valence-electron chi connectivity index (χ3n) is 2.81. The number of nitrogens with two attached hydrogens (primary N) is 1. The molecule has 1 saturated heterocycles. The Balaban J connectivity index is 2.53. The molecule has 1 aliphatic heterocycles. The van der Waals surface area contributed by atoms with Crippen LogP contribution in [0.3, 0.4) is 0 Å². The van der Waals surface area contributed by atoms with Gasteiger partial charge < -0.3 is 15.4 Å². The van der Waals surface area contributed by atoms with Crippen molar-refractivity contribution in [3.05, 3.63) is 0 Å². The Morgan fingerprint density at radius 1 is 1.60 bits per heavy atom. The van der Waals surface area contributed by atoms with Crippen molar-refractivity contribution in [1.29, 1.82) is 0 Å². The zero-order valence-corrected chi connectivity index (χ0v) is 9.74. The number of nitrogens with zero attached hydrogens (tertiary/aromatic N) is 1. The minimum absolute atomic E-state index is 0.0550. The van der Waals surface area contributed by atoms with E-state index in [1.54, 1.807) is 6.92 Å². The molecule has 0 aromatic heterocycles. The summed E-state index contributed by atoms with van der Waals surface area (Å²) in [6.07, 6.45) is 3.31. The summed E-state index contributed by atoms with van der Waals surface area (Å²) in [5.74, 6) is 0.0550. The monoisotopic (exact) mass is 214 g/mol. The summed E-state index contributed by atoms with van der Waals surface area (Å²) in [5.41, 5.74) is 5.63. The van der Waals surface area contributed by atoms with Crippen molar-refractivity contribution in [2.24, 2.45) is 5.73 Å². The van der Waals surface area contributed by atoms with Gasteiger partial charge in [-0.3, -0.25) is 4.79 Å². The van der Waals surface area contributed by atoms with Gasteiger partial charge in [0.15, 0.2) is 0 Å². The first-order chi connectivity index (χ1) is 7.16. The van der Waals surface area contributed by atoms with Gasteiger partial charge in [0, 0.05) is 13.2 Å². The van der Waals surface area contributed by atoms with Gasteiger partial charge in [-0.1, -0.05) is 0 Å². The molecule has 0 aromatic carbocycles. The summed E-state index contributed by atoms with van der Waals surface area (Å²) >= 11 is 0. The number of carbonyl (C=O) groups is 1. The number of carbonyl (C=O) groups excluding carboxylic acids is 1. The molecule has 0 bridgehead atoms. The lowest BCUT2D eigenvalue weighted by molar-refractivity contribution is -0.137. The Labute approximate surface area is 91.8 Å². The Hall–Kier alpha value is -0.610. The van der Waals surface area contributed by atoms with Crippen LogP contribution >= 0.6 is 0 Å². The second-order valence-electron chi connectivity index (χ2n) is 4.13. The molecule has 4 nitrogen and oxygen atoms in total. The van der Waals surface area contributed by atoms with E-state index in [0.29, 0.717) is 13.2 Å². The standard InChI is InChI=1S/C11H22N2O2/c1-3-15-8-10-6-4-5-7-13(10)11(14)9(2)12/h9-10H,3-8,12H2,1-2H3/t9-,10-/m1/s1. The smallest absolute Gasteiger partial charge is 0.239 e. The fourth-order valence-corrected chi connectivity index (χ4v) is 1.98. The Morgan fingerprint density at radius 3 is 2.93 bits per heavy atom. The maximum Gasteiger partial charge on any atom is 0.239 e. The lowest BCUT2D eigenvalue weighted by Crippen LogP contribution is -2.51. The summed E-state index contributed by atoms with van der Waals surface area (Å²) in [7, 11) is 0. The zero-order chi connectivity index (χ0) is 11.3. The molecule has 1 amide bonds. The molecule has 4 heteroatoms. The number of likely N-dealkylation sites (tertiary alicyclic amines) is 1. The van der Waals surface area contributed by atoms with E-state index < -0.39 is 6.04 Å². The molecule has 0 spiro atoms. The molecule has 2 N–H and O–H groups in total. The predicted molar refractivity (Wildman–Crippen MR) is 59.5 cm³/mol. The highest BCUT2D eigenvalue weighted by Crippen LogP contribution is 2.18. The van der Waals surface area contributed by atoms with Gasteiger partial charge in [0.05, 0.1) is 18.7 Å². The molecule has 1 rings (SSSR count). The van der Waals surface area contributed by atoms with Crippen LogP contribution in [-0.4, -0.2) is 42.6 Å². The van der Waals surface area contributed by atoms with Gasteiger partial charge in [0.1, 0.15) is 0 Å². The van der Waals surface area contributed by atoms with Crippen LogP contribution in [0.15, 0.2) is 0 Å². The highest BCUT2D eigenvalue weighted by atomic mass is 16.5. The van der Waals surface area contributed by atoms with Gasteiger partial charge in [0.2, 0.25) is 5.91 Å². The van der Waals surface area contributed by atoms with Crippen LogP contribution in [0.5, 0.6) is 0 Å². The van der Waals surface area contributed by atoms with Crippen LogP contribution < -0.4 is 5.73 Å². The molecule has 0 aliphatic carbocycles. The highest BCUT2D eigenvalue weighted by Gasteiger charge is 2.28. The van der Waals surface area contributed by atoms with E-state index in [0.717, 1.165) is 19.4 Å². The summed E-state index contributed by atoms with van der Waals surface area (Å²) < 4.78 is 5.40. The van der Waals surface area contributed by atoms with E-state index in [1.807, 2.05) is 11.8 Å². The van der Waals surface area contributed by atoms with Crippen molar-refractivity contribution in [3.8, 4) is 0 Å². The van der Waals surface area contributed by atoms with Crippen molar-refractivity contribution < 1.29 is 9.53 Å². The van der Waals surface area contributed by atoms with E-state index in [4.69, 9.17) is 10.5 Å². The summed E-state index contributed by atoms with van der Waals surface area (Å²) in [5, 5.41) is 0. The number of ether oxygens (including phenoxy) is 1. The first-order valence-corrected chi connectivity index (χ1v) is 5.80. The maximum absolute atomic E-state index is 11.8. The molecular formula is C11H22N2O2. The Bertz CT molecular complexity index is 207. The van der Waals surface area contributed by atoms with Crippen LogP contribution in [0, 0.1) is 0 Å². The predicted octanol–water partition coefficient (Wildman–Crippen LogP) is 0.751. The average molecular weight is 214 g/mol. The van der Waals surface area contributed by atoms with Crippen molar-refractivity contribution in [3.63, 3.8) is 0 Å². The van der Waals surface area contributed by atoms with Gasteiger partial charge in [-0.25, -0.2) is 0 Å². The first-order valence-electron chi connectivity index (χ1n) is 5.80. The van der Waals surface area contributed by atoms with Crippen molar-refractivity contribution in [1.82, 2.24) is 4.90 Å². The van der Waals surface area contributed by atoms with Crippen LogP contribution in [0.25, 0.3) is 0 Å². The fourth-order valence-electron chi connectivity index (χ4n) is 1.98. The Kier molecular flexibility index (Phi) is 5.05. The number of rotatable bonds is 4. The lowest BCUT2D eigenvalue weighted by atomic mass is 10.0. The summed E-state index contributed by atoms with van der Waals surface area (Å²) in [4.78, 5) is 13.7. The molecule has 1 heterocycles. The van der Waals surface area contributed by atoms with E-state index in [-0.39, 0.29) is 11.9 Å². The molecule has 1 fully saturated rings. The first kappa shape index (κ1) is 12.5. The number of piperidine rings is 1. The summed E-state index contributed by atoms with van der Waals surface area (Å²) in [6.45, 7) is 5.90. The summed E-state index contributed by atoms with van der Waals surface area (Å²) in [6, 6.07) is -0.163. The minimum Gasteiger partial charge on any atom is -0.380 e. The van der Waals surface area contributed by atoms with Gasteiger partial charge >= 0.3 is 0 Å². The number of amides is 1.